The molecule has 1 saturated heterocycles. The minimum absolute atomic E-state index is 0.551. The second-order valence-corrected chi connectivity index (χ2v) is 6.62. The first-order chi connectivity index (χ1) is 12.4. The lowest BCUT2D eigenvalue weighted by Crippen LogP contribution is -2.35. The van der Waals surface area contributed by atoms with Crippen LogP contribution < -0.4 is 5.32 Å². The molecule has 3 aromatic heterocycles. The molecule has 4 heterocycles. The molecule has 1 aliphatic rings. The quantitative estimate of drug-likeness (QED) is 0.774. The Morgan fingerprint density at radius 3 is 2.84 bits per heavy atom. The van der Waals surface area contributed by atoms with Crippen LogP contribution in [0.3, 0.4) is 0 Å². The fraction of sp³-hybridized carbons (Fsp3) is 0.421. The highest BCUT2D eigenvalue weighted by Crippen LogP contribution is 2.19. The number of hydrogen-bond donors (Lipinski definition) is 1. The van der Waals surface area contributed by atoms with Crippen molar-refractivity contribution in [1.29, 1.82) is 0 Å². The van der Waals surface area contributed by atoms with E-state index in [2.05, 4.69) is 43.5 Å². The molecule has 0 aliphatic carbocycles. The van der Waals surface area contributed by atoms with Crippen molar-refractivity contribution >= 4 is 5.78 Å². The molecule has 4 rings (SSSR count). The zero-order valence-electron chi connectivity index (χ0n) is 14.4. The number of rotatable bonds is 5. The van der Waals surface area contributed by atoms with Gasteiger partial charge in [0.25, 0.3) is 0 Å². The topological polar surface area (TPSA) is 58.4 Å². The average molecular weight is 336 g/mol. The zero-order chi connectivity index (χ0) is 16.9. The summed E-state index contributed by atoms with van der Waals surface area (Å²) >= 11 is 0. The van der Waals surface area contributed by atoms with Crippen molar-refractivity contribution in [2.45, 2.75) is 38.4 Å². The SMILES string of the molecule is c1ccc(CN(Cc2cn3cccnc3n2)C2CCCNCC2)nc1. The predicted molar refractivity (Wildman–Crippen MR) is 97.0 cm³/mol. The Balaban J connectivity index is 1.57. The number of fused-ring (bicyclic) bond motifs is 1. The normalized spacial score (nSPS) is 18.5. The molecule has 1 N–H and O–H groups in total. The molecule has 0 aromatic carbocycles. The highest BCUT2D eigenvalue weighted by atomic mass is 15.2. The molecule has 0 bridgehead atoms. The lowest BCUT2D eigenvalue weighted by atomic mass is 10.1. The third-order valence-electron chi connectivity index (χ3n) is 4.80. The van der Waals surface area contributed by atoms with Crippen LogP contribution in [-0.4, -0.2) is 43.4 Å². The van der Waals surface area contributed by atoms with Gasteiger partial charge >= 0.3 is 0 Å². The summed E-state index contributed by atoms with van der Waals surface area (Å²) in [7, 11) is 0. The maximum absolute atomic E-state index is 4.69. The molecular weight excluding hydrogens is 312 g/mol. The van der Waals surface area contributed by atoms with Crippen molar-refractivity contribution in [1.82, 2.24) is 29.6 Å². The number of nitrogens with zero attached hydrogens (tertiary/aromatic N) is 5. The van der Waals surface area contributed by atoms with Crippen molar-refractivity contribution in [3.05, 3.63) is 60.4 Å². The van der Waals surface area contributed by atoms with E-state index in [1.165, 1.54) is 19.3 Å². The fourth-order valence-corrected chi connectivity index (χ4v) is 3.54. The summed E-state index contributed by atoms with van der Waals surface area (Å²) in [4.78, 5) is 16.1. The third kappa shape index (κ3) is 4.03. The second-order valence-electron chi connectivity index (χ2n) is 6.62. The molecule has 0 saturated carbocycles. The molecule has 0 amide bonds. The highest BCUT2D eigenvalue weighted by Gasteiger charge is 2.22. The number of aromatic nitrogens is 4. The standard InChI is InChI=1S/C19H24N6/c1-2-9-21-16(5-1)13-25(18-6-3-8-20-11-7-18)15-17-14-24-12-4-10-22-19(24)23-17/h1-2,4-5,9-10,12,14,18,20H,3,6-8,11,13,15H2. The molecule has 1 aliphatic heterocycles. The molecule has 130 valence electrons. The molecule has 25 heavy (non-hydrogen) atoms. The molecule has 3 aromatic rings. The van der Waals surface area contributed by atoms with E-state index in [0.717, 1.165) is 43.3 Å². The first-order valence-corrected chi connectivity index (χ1v) is 9.02. The summed E-state index contributed by atoms with van der Waals surface area (Å²) < 4.78 is 1.99. The Morgan fingerprint density at radius 2 is 1.96 bits per heavy atom. The Kier molecular flexibility index (Phi) is 4.99. The van der Waals surface area contributed by atoms with Crippen LogP contribution in [0.15, 0.2) is 49.1 Å². The van der Waals surface area contributed by atoms with E-state index in [1.807, 2.05) is 28.9 Å². The van der Waals surface area contributed by atoms with Gasteiger partial charge in [0.1, 0.15) is 0 Å². The lowest BCUT2D eigenvalue weighted by Gasteiger charge is -2.30. The van der Waals surface area contributed by atoms with Gasteiger partial charge in [0, 0.05) is 43.9 Å². The van der Waals surface area contributed by atoms with Crippen molar-refractivity contribution in [3.63, 3.8) is 0 Å². The molecule has 0 radical (unpaired) electrons. The van der Waals surface area contributed by atoms with Gasteiger partial charge in [0.2, 0.25) is 5.78 Å². The van der Waals surface area contributed by atoms with Crippen molar-refractivity contribution in [2.24, 2.45) is 0 Å². The maximum atomic E-state index is 4.69. The Labute approximate surface area is 147 Å². The Morgan fingerprint density at radius 1 is 1.04 bits per heavy atom. The van der Waals surface area contributed by atoms with Gasteiger partial charge in [-0.2, -0.15) is 0 Å². The summed E-state index contributed by atoms with van der Waals surface area (Å²) in [6.45, 7) is 3.87. The van der Waals surface area contributed by atoms with E-state index in [-0.39, 0.29) is 0 Å². The summed E-state index contributed by atoms with van der Waals surface area (Å²) in [6, 6.07) is 8.62. The van der Waals surface area contributed by atoms with Crippen LogP contribution in [0.2, 0.25) is 0 Å². The predicted octanol–water partition coefficient (Wildman–Crippen LogP) is 2.27. The monoisotopic (exact) mass is 336 g/mol. The van der Waals surface area contributed by atoms with Crippen LogP contribution in [0.5, 0.6) is 0 Å². The maximum Gasteiger partial charge on any atom is 0.233 e. The molecular formula is C19H24N6. The van der Waals surface area contributed by atoms with Crippen LogP contribution >= 0.6 is 0 Å². The number of hydrogen-bond acceptors (Lipinski definition) is 5. The summed E-state index contributed by atoms with van der Waals surface area (Å²) in [6.07, 6.45) is 11.3. The highest BCUT2D eigenvalue weighted by molar-refractivity contribution is 5.29. The first kappa shape index (κ1) is 16.2. The van der Waals surface area contributed by atoms with Gasteiger partial charge in [0.05, 0.1) is 11.4 Å². The number of pyridine rings is 1. The number of nitrogens with one attached hydrogen (secondary N) is 1. The van der Waals surface area contributed by atoms with Gasteiger partial charge in [-0.25, -0.2) is 9.97 Å². The van der Waals surface area contributed by atoms with Gasteiger partial charge in [-0.1, -0.05) is 6.07 Å². The van der Waals surface area contributed by atoms with Gasteiger partial charge in [-0.05, 0) is 50.6 Å². The van der Waals surface area contributed by atoms with Crippen LogP contribution in [0.1, 0.15) is 30.7 Å². The first-order valence-electron chi connectivity index (χ1n) is 9.02. The molecule has 0 spiro atoms. The molecule has 1 unspecified atom stereocenters. The van der Waals surface area contributed by atoms with E-state index >= 15 is 0 Å². The van der Waals surface area contributed by atoms with Gasteiger partial charge in [0.15, 0.2) is 0 Å². The Bertz CT molecular complexity index is 759. The minimum atomic E-state index is 0.551. The Hall–Kier alpha value is -2.31. The fourth-order valence-electron chi connectivity index (χ4n) is 3.54. The van der Waals surface area contributed by atoms with Gasteiger partial charge in [-0.3, -0.25) is 14.3 Å². The minimum Gasteiger partial charge on any atom is -0.317 e. The van der Waals surface area contributed by atoms with E-state index in [4.69, 9.17) is 0 Å². The molecule has 1 atom stereocenters. The van der Waals surface area contributed by atoms with Crippen LogP contribution in [0.4, 0.5) is 0 Å². The van der Waals surface area contributed by atoms with E-state index in [0.29, 0.717) is 6.04 Å². The van der Waals surface area contributed by atoms with E-state index in [1.54, 1.807) is 6.20 Å². The summed E-state index contributed by atoms with van der Waals surface area (Å²) in [5.74, 6) is 0.762. The van der Waals surface area contributed by atoms with E-state index in [9.17, 15) is 0 Å². The molecule has 1 fully saturated rings. The van der Waals surface area contributed by atoms with Crippen molar-refractivity contribution < 1.29 is 0 Å². The van der Waals surface area contributed by atoms with Crippen LogP contribution in [0, 0.1) is 0 Å². The number of imidazole rings is 1. The zero-order valence-corrected chi connectivity index (χ0v) is 14.4. The second kappa shape index (κ2) is 7.72. The molecule has 6 nitrogen and oxygen atoms in total. The van der Waals surface area contributed by atoms with Crippen LogP contribution in [0.25, 0.3) is 5.78 Å². The summed E-state index contributed by atoms with van der Waals surface area (Å²) in [5, 5.41) is 3.51. The van der Waals surface area contributed by atoms with Crippen molar-refractivity contribution in [3.8, 4) is 0 Å². The van der Waals surface area contributed by atoms with E-state index < -0.39 is 0 Å². The van der Waals surface area contributed by atoms with Crippen LogP contribution in [-0.2, 0) is 13.1 Å². The average Bonchev–Trinajstić information content (AvgIpc) is 2.86. The molecule has 6 heteroatoms. The van der Waals surface area contributed by atoms with Crippen molar-refractivity contribution in [2.75, 3.05) is 13.1 Å². The smallest absolute Gasteiger partial charge is 0.233 e. The largest absolute Gasteiger partial charge is 0.317 e. The van der Waals surface area contributed by atoms with Gasteiger partial charge < -0.3 is 5.32 Å². The summed E-state index contributed by atoms with van der Waals surface area (Å²) in [5.41, 5.74) is 2.17. The van der Waals surface area contributed by atoms with Gasteiger partial charge in [-0.15, -0.1) is 0 Å². The third-order valence-corrected chi connectivity index (χ3v) is 4.80. The lowest BCUT2D eigenvalue weighted by molar-refractivity contribution is 0.160.